The summed E-state index contributed by atoms with van der Waals surface area (Å²) in [4.78, 5) is 2.51. The van der Waals surface area contributed by atoms with E-state index in [1.807, 2.05) is 0 Å². The summed E-state index contributed by atoms with van der Waals surface area (Å²) in [7, 11) is 0. The molecular formula is C11H24N2O. The molecule has 1 rings (SSSR count). The number of hydrogen-bond acceptors (Lipinski definition) is 3. The fourth-order valence-corrected chi connectivity index (χ4v) is 2.04. The zero-order chi connectivity index (χ0) is 10.6. The number of nitrogens with one attached hydrogen (secondary N) is 1. The first-order chi connectivity index (χ1) is 6.55. The van der Waals surface area contributed by atoms with E-state index in [1.54, 1.807) is 0 Å². The first-order valence-electron chi connectivity index (χ1n) is 5.64. The Hall–Kier alpha value is -0.120. The third-order valence-corrected chi connectivity index (χ3v) is 2.76. The summed E-state index contributed by atoms with van der Waals surface area (Å²) < 4.78 is 5.72. The highest BCUT2D eigenvalue weighted by molar-refractivity contribution is 4.82. The molecule has 1 atom stereocenters. The summed E-state index contributed by atoms with van der Waals surface area (Å²) in [5.41, 5.74) is -0.0135. The summed E-state index contributed by atoms with van der Waals surface area (Å²) in [6.45, 7) is 13.8. The maximum atomic E-state index is 5.72. The topological polar surface area (TPSA) is 24.5 Å². The lowest BCUT2D eigenvalue weighted by Crippen LogP contribution is -2.54. The van der Waals surface area contributed by atoms with Crippen molar-refractivity contribution in [1.82, 2.24) is 10.2 Å². The largest absolute Gasteiger partial charge is 0.375 e. The van der Waals surface area contributed by atoms with Crippen LogP contribution >= 0.6 is 0 Å². The average Bonchev–Trinajstić information content (AvgIpc) is 2.08. The van der Waals surface area contributed by atoms with Crippen molar-refractivity contribution in [3.63, 3.8) is 0 Å². The highest BCUT2D eigenvalue weighted by Crippen LogP contribution is 2.14. The van der Waals surface area contributed by atoms with Crippen molar-refractivity contribution in [3.8, 4) is 0 Å². The number of piperazine rings is 1. The van der Waals surface area contributed by atoms with Gasteiger partial charge < -0.3 is 10.1 Å². The lowest BCUT2D eigenvalue weighted by Gasteiger charge is -2.39. The van der Waals surface area contributed by atoms with Gasteiger partial charge in [-0.05, 0) is 27.7 Å². The van der Waals surface area contributed by atoms with E-state index in [4.69, 9.17) is 4.74 Å². The van der Waals surface area contributed by atoms with E-state index in [2.05, 4.69) is 37.9 Å². The molecule has 1 fully saturated rings. The average molecular weight is 200 g/mol. The molecule has 1 aliphatic rings. The molecule has 0 amide bonds. The van der Waals surface area contributed by atoms with Crippen LogP contribution in [0.4, 0.5) is 0 Å². The molecule has 1 heterocycles. The molecule has 0 aromatic heterocycles. The van der Waals surface area contributed by atoms with Crippen LogP contribution in [-0.4, -0.2) is 49.3 Å². The normalized spacial score (nSPS) is 25.3. The van der Waals surface area contributed by atoms with Crippen molar-refractivity contribution in [2.45, 2.75) is 39.3 Å². The Kier molecular flexibility index (Phi) is 4.35. The van der Waals surface area contributed by atoms with E-state index in [9.17, 15) is 0 Å². The zero-order valence-corrected chi connectivity index (χ0v) is 9.97. The predicted molar refractivity (Wildman–Crippen MR) is 59.6 cm³/mol. The van der Waals surface area contributed by atoms with Crippen molar-refractivity contribution in [1.29, 1.82) is 0 Å². The third-order valence-electron chi connectivity index (χ3n) is 2.76. The van der Waals surface area contributed by atoms with Gasteiger partial charge >= 0.3 is 0 Å². The molecule has 1 aliphatic heterocycles. The van der Waals surface area contributed by atoms with Crippen LogP contribution in [-0.2, 0) is 4.74 Å². The molecular weight excluding hydrogens is 176 g/mol. The fourth-order valence-electron chi connectivity index (χ4n) is 2.04. The van der Waals surface area contributed by atoms with Gasteiger partial charge in [-0.15, -0.1) is 0 Å². The summed E-state index contributed by atoms with van der Waals surface area (Å²) in [5.74, 6) is 0. The highest BCUT2D eigenvalue weighted by Gasteiger charge is 2.26. The molecule has 0 spiro atoms. The molecule has 1 N–H and O–H groups in total. The molecule has 0 bridgehead atoms. The van der Waals surface area contributed by atoms with Crippen LogP contribution in [0.15, 0.2) is 0 Å². The molecule has 0 aromatic carbocycles. The molecule has 3 nitrogen and oxygen atoms in total. The van der Waals surface area contributed by atoms with Gasteiger partial charge in [-0.2, -0.15) is 0 Å². The Morgan fingerprint density at radius 2 is 2.21 bits per heavy atom. The highest BCUT2D eigenvalue weighted by atomic mass is 16.5. The summed E-state index contributed by atoms with van der Waals surface area (Å²) in [6.07, 6.45) is 0. The van der Waals surface area contributed by atoms with Crippen molar-refractivity contribution in [2.24, 2.45) is 0 Å². The summed E-state index contributed by atoms with van der Waals surface area (Å²) >= 11 is 0. The van der Waals surface area contributed by atoms with Crippen LogP contribution < -0.4 is 5.32 Å². The van der Waals surface area contributed by atoms with Gasteiger partial charge in [-0.25, -0.2) is 0 Å². The first kappa shape index (κ1) is 12.0. The van der Waals surface area contributed by atoms with Gasteiger partial charge in [0, 0.05) is 38.8 Å². The van der Waals surface area contributed by atoms with Gasteiger partial charge in [0.15, 0.2) is 0 Å². The van der Waals surface area contributed by atoms with Crippen molar-refractivity contribution >= 4 is 0 Å². The van der Waals surface area contributed by atoms with Gasteiger partial charge in [0.2, 0.25) is 0 Å². The molecule has 0 aromatic rings. The Morgan fingerprint density at radius 3 is 2.79 bits per heavy atom. The summed E-state index contributed by atoms with van der Waals surface area (Å²) in [6, 6.07) is 0.628. The van der Waals surface area contributed by atoms with Gasteiger partial charge in [0.05, 0.1) is 5.60 Å². The second-order valence-electron chi connectivity index (χ2n) is 4.72. The van der Waals surface area contributed by atoms with Gasteiger partial charge in [0.1, 0.15) is 0 Å². The summed E-state index contributed by atoms with van der Waals surface area (Å²) in [5, 5.41) is 3.40. The van der Waals surface area contributed by atoms with Crippen LogP contribution in [0, 0.1) is 0 Å². The second kappa shape index (κ2) is 5.10. The molecule has 0 saturated carbocycles. The van der Waals surface area contributed by atoms with Crippen molar-refractivity contribution in [3.05, 3.63) is 0 Å². The lowest BCUT2D eigenvalue weighted by atomic mass is 10.1. The van der Waals surface area contributed by atoms with Gasteiger partial charge in [-0.3, -0.25) is 4.90 Å². The van der Waals surface area contributed by atoms with E-state index in [0.29, 0.717) is 6.04 Å². The van der Waals surface area contributed by atoms with E-state index < -0.39 is 0 Å². The van der Waals surface area contributed by atoms with Crippen LogP contribution in [0.1, 0.15) is 27.7 Å². The minimum Gasteiger partial charge on any atom is -0.375 e. The maximum Gasteiger partial charge on any atom is 0.0752 e. The first-order valence-corrected chi connectivity index (χ1v) is 5.64. The Bertz CT molecular complexity index is 171. The predicted octanol–water partition coefficient (Wildman–Crippen LogP) is 1.10. The second-order valence-corrected chi connectivity index (χ2v) is 4.72. The SMILES string of the molecule is CCOC(C)(C)CN1CCNCC1C. The van der Waals surface area contributed by atoms with Crippen molar-refractivity contribution in [2.75, 3.05) is 32.8 Å². The fraction of sp³-hybridized carbons (Fsp3) is 1.00. The molecule has 14 heavy (non-hydrogen) atoms. The number of ether oxygens (including phenoxy) is 1. The smallest absolute Gasteiger partial charge is 0.0752 e. The number of rotatable bonds is 4. The van der Waals surface area contributed by atoms with E-state index in [1.165, 1.54) is 0 Å². The Morgan fingerprint density at radius 1 is 1.50 bits per heavy atom. The minimum absolute atomic E-state index is 0.0135. The number of nitrogens with zero attached hydrogens (tertiary/aromatic N) is 1. The quantitative estimate of drug-likeness (QED) is 0.735. The maximum absolute atomic E-state index is 5.72. The van der Waals surface area contributed by atoms with E-state index in [-0.39, 0.29) is 5.60 Å². The van der Waals surface area contributed by atoms with E-state index in [0.717, 1.165) is 32.8 Å². The zero-order valence-electron chi connectivity index (χ0n) is 9.97. The van der Waals surface area contributed by atoms with Crippen LogP contribution in [0.2, 0.25) is 0 Å². The Labute approximate surface area is 87.8 Å². The standard InChI is InChI=1S/C11H24N2O/c1-5-14-11(3,4)9-13-7-6-12-8-10(13)2/h10,12H,5-9H2,1-4H3. The minimum atomic E-state index is -0.0135. The number of hydrogen-bond donors (Lipinski definition) is 1. The third kappa shape index (κ3) is 3.56. The molecule has 0 radical (unpaired) electrons. The van der Waals surface area contributed by atoms with Crippen LogP contribution in [0.5, 0.6) is 0 Å². The molecule has 3 heteroatoms. The van der Waals surface area contributed by atoms with Gasteiger partial charge in [-0.1, -0.05) is 0 Å². The molecule has 1 unspecified atom stereocenters. The van der Waals surface area contributed by atoms with Crippen LogP contribution in [0.3, 0.4) is 0 Å². The van der Waals surface area contributed by atoms with E-state index >= 15 is 0 Å². The molecule has 84 valence electrons. The molecule has 1 saturated heterocycles. The lowest BCUT2D eigenvalue weighted by molar-refractivity contribution is -0.0436. The molecule has 0 aliphatic carbocycles. The van der Waals surface area contributed by atoms with Gasteiger partial charge in [0.25, 0.3) is 0 Å². The monoisotopic (exact) mass is 200 g/mol. The van der Waals surface area contributed by atoms with Crippen molar-refractivity contribution < 1.29 is 4.74 Å². The Balaban J connectivity index is 2.40. The van der Waals surface area contributed by atoms with Crippen LogP contribution in [0.25, 0.3) is 0 Å².